The Hall–Kier alpha value is -4.13. The van der Waals surface area contributed by atoms with Crippen LogP contribution >= 0.6 is 0 Å². The molecule has 35 heavy (non-hydrogen) atoms. The molecule has 1 saturated heterocycles. The minimum Gasteiger partial charge on any atom is -0.457 e. The molecule has 2 N–H and O–H groups in total. The molecule has 2 aromatic carbocycles. The number of para-hydroxylation sites is 1. The van der Waals surface area contributed by atoms with Crippen molar-refractivity contribution in [3.8, 4) is 23.1 Å². The van der Waals surface area contributed by atoms with Crippen LogP contribution in [0.2, 0.25) is 0 Å². The number of primary amides is 1. The number of nitrogens with zero attached hydrogens (tertiary/aromatic N) is 2. The summed E-state index contributed by atoms with van der Waals surface area (Å²) in [6.45, 7) is 3.43. The van der Waals surface area contributed by atoms with Crippen molar-refractivity contribution in [1.29, 1.82) is 0 Å². The third kappa shape index (κ3) is 6.47. The van der Waals surface area contributed by atoms with Gasteiger partial charge in [0.1, 0.15) is 22.8 Å². The molecule has 1 aliphatic heterocycles. The Morgan fingerprint density at radius 1 is 1.00 bits per heavy atom. The first-order chi connectivity index (χ1) is 17.0. The maximum atomic E-state index is 12.2. The lowest BCUT2D eigenvalue weighted by Gasteiger charge is -2.33. The van der Waals surface area contributed by atoms with Gasteiger partial charge < -0.3 is 20.1 Å². The minimum absolute atomic E-state index is 0.157. The monoisotopic (exact) mass is 471 g/mol. The summed E-state index contributed by atoms with van der Waals surface area (Å²) in [5.41, 5.74) is 6.68. The van der Waals surface area contributed by atoms with Crippen LogP contribution in [0.3, 0.4) is 0 Å². The van der Waals surface area contributed by atoms with Gasteiger partial charge in [0.25, 0.3) is 5.91 Å². The number of allylic oxidation sites excluding steroid dienone is 2. The number of nitrogens with two attached hydrogens (primary N) is 1. The first-order valence-corrected chi connectivity index (χ1v) is 11.7. The SMILES string of the molecule is C/C=C/C(=O)CC1CCN(c2cnc(Oc3ccc(Oc4ccccc4)cc3)c(C(N)=O)c2)CC1. The van der Waals surface area contributed by atoms with Crippen molar-refractivity contribution in [2.45, 2.75) is 26.2 Å². The first kappa shape index (κ1) is 24.0. The number of piperidine rings is 1. The molecule has 1 amide bonds. The standard InChI is InChI=1S/C28H29N3O4/c1-2-6-22(32)17-20-13-15-31(16-14-20)21-18-26(27(29)33)28(30-19-21)35-25-11-9-24(10-12-25)34-23-7-4-3-5-8-23/h2-12,18-20H,13-17H2,1H3,(H2,29,33)/b6-2+. The topological polar surface area (TPSA) is 94.8 Å². The largest absolute Gasteiger partial charge is 0.457 e. The predicted octanol–water partition coefficient (Wildman–Crippen LogP) is 5.52. The molecule has 0 bridgehead atoms. The summed E-state index contributed by atoms with van der Waals surface area (Å²) in [5.74, 6) is 2.01. The number of hydrogen-bond donors (Lipinski definition) is 1. The molecular weight excluding hydrogens is 442 g/mol. The minimum atomic E-state index is -0.606. The third-order valence-corrected chi connectivity index (χ3v) is 5.94. The highest BCUT2D eigenvalue weighted by molar-refractivity contribution is 5.96. The van der Waals surface area contributed by atoms with Gasteiger partial charge in [0, 0.05) is 19.5 Å². The smallest absolute Gasteiger partial charge is 0.254 e. The van der Waals surface area contributed by atoms with E-state index < -0.39 is 5.91 Å². The van der Waals surface area contributed by atoms with Crippen LogP contribution in [-0.4, -0.2) is 29.8 Å². The number of amides is 1. The molecule has 0 radical (unpaired) electrons. The van der Waals surface area contributed by atoms with Crippen molar-refractivity contribution in [2.75, 3.05) is 18.0 Å². The molecule has 1 aromatic heterocycles. The zero-order chi connectivity index (χ0) is 24.6. The lowest BCUT2D eigenvalue weighted by atomic mass is 9.91. The second-order valence-electron chi connectivity index (χ2n) is 8.50. The lowest BCUT2D eigenvalue weighted by Crippen LogP contribution is -2.34. The van der Waals surface area contributed by atoms with Crippen LogP contribution in [0.25, 0.3) is 0 Å². The van der Waals surface area contributed by atoms with Crippen LogP contribution < -0.4 is 20.1 Å². The molecule has 0 aliphatic carbocycles. The van der Waals surface area contributed by atoms with E-state index in [0.717, 1.165) is 37.4 Å². The van der Waals surface area contributed by atoms with Gasteiger partial charge in [-0.2, -0.15) is 0 Å². The molecule has 0 unspecified atom stereocenters. The van der Waals surface area contributed by atoms with Crippen molar-refractivity contribution in [3.63, 3.8) is 0 Å². The van der Waals surface area contributed by atoms with Gasteiger partial charge in [0.05, 0.1) is 11.9 Å². The number of anilines is 1. The average molecular weight is 472 g/mol. The van der Waals surface area contributed by atoms with Crippen molar-refractivity contribution in [1.82, 2.24) is 4.98 Å². The van der Waals surface area contributed by atoms with Crippen LogP contribution in [0.1, 0.15) is 36.5 Å². The van der Waals surface area contributed by atoms with E-state index in [2.05, 4.69) is 9.88 Å². The molecule has 2 heterocycles. The molecule has 0 saturated carbocycles. The van der Waals surface area contributed by atoms with E-state index in [4.69, 9.17) is 15.2 Å². The Morgan fingerprint density at radius 2 is 1.63 bits per heavy atom. The fraction of sp³-hybridized carbons (Fsp3) is 0.250. The van der Waals surface area contributed by atoms with Crippen LogP contribution in [-0.2, 0) is 4.79 Å². The normalized spacial score (nSPS) is 14.1. The fourth-order valence-electron chi connectivity index (χ4n) is 4.12. The van der Waals surface area contributed by atoms with Gasteiger partial charge in [-0.15, -0.1) is 0 Å². The van der Waals surface area contributed by atoms with Gasteiger partial charge in [-0.3, -0.25) is 9.59 Å². The van der Waals surface area contributed by atoms with Crippen LogP contribution in [0.5, 0.6) is 23.1 Å². The number of aromatic nitrogens is 1. The number of ether oxygens (including phenoxy) is 2. The maximum absolute atomic E-state index is 12.2. The zero-order valence-corrected chi connectivity index (χ0v) is 19.7. The van der Waals surface area contributed by atoms with Gasteiger partial charge >= 0.3 is 0 Å². The molecule has 3 aromatic rings. The molecular formula is C28H29N3O4. The molecule has 180 valence electrons. The van der Waals surface area contributed by atoms with Gasteiger partial charge in [0.2, 0.25) is 5.88 Å². The Labute approximate surface area is 205 Å². The molecule has 0 spiro atoms. The van der Waals surface area contributed by atoms with E-state index in [9.17, 15) is 9.59 Å². The first-order valence-electron chi connectivity index (χ1n) is 11.7. The van der Waals surface area contributed by atoms with Crippen molar-refractivity contribution in [3.05, 3.63) is 84.6 Å². The summed E-state index contributed by atoms with van der Waals surface area (Å²) in [5, 5.41) is 0. The maximum Gasteiger partial charge on any atom is 0.254 e. The molecule has 7 nitrogen and oxygen atoms in total. The lowest BCUT2D eigenvalue weighted by molar-refractivity contribution is -0.115. The Balaban J connectivity index is 1.41. The number of pyridine rings is 1. The van der Waals surface area contributed by atoms with Crippen molar-refractivity contribution >= 4 is 17.4 Å². The van der Waals surface area contributed by atoms with Crippen molar-refractivity contribution < 1.29 is 19.1 Å². The van der Waals surface area contributed by atoms with E-state index in [1.54, 1.807) is 48.7 Å². The quantitative estimate of drug-likeness (QED) is 0.413. The summed E-state index contributed by atoms with van der Waals surface area (Å²) in [7, 11) is 0. The van der Waals surface area contributed by atoms with Gasteiger partial charge in [-0.05, 0) is 74.2 Å². The molecule has 0 atom stereocenters. The number of carbonyl (C=O) groups excluding carboxylic acids is 2. The van der Waals surface area contributed by atoms with Gasteiger partial charge in [0.15, 0.2) is 5.78 Å². The zero-order valence-electron chi connectivity index (χ0n) is 19.7. The molecule has 4 rings (SSSR count). The van der Waals surface area contributed by atoms with Crippen LogP contribution in [0.15, 0.2) is 79.0 Å². The van der Waals surface area contributed by atoms with E-state index in [-0.39, 0.29) is 17.2 Å². The molecule has 1 aliphatic rings. The fourth-order valence-corrected chi connectivity index (χ4v) is 4.12. The van der Waals surface area contributed by atoms with Crippen molar-refractivity contribution in [2.24, 2.45) is 11.7 Å². The Bertz CT molecular complexity index is 1180. The second kappa shape index (κ2) is 11.3. The number of benzene rings is 2. The van der Waals surface area contributed by atoms with Gasteiger partial charge in [-0.25, -0.2) is 4.98 Å². The van der Waals surface area contributed by atoms with Gasteiger partial charge in [-0.1, -0.05) is 24.3 Å². The van der Waals surface area contributed by atoms with E-state index >= 15 is 0 Å². The van der Waals surface area contributed by atoms with Crippen LogP contribution in [0, 0.1) is 5.92 Å². The number of carbonyl (C=O) groups is 2. The number of ketones is 1. The van der Waals surface area contributed by atoms with E-state index in [0.29, 0.717) is 23.8 Å². The number of hydrogen-bond acceptors (Lipinski definition) is 6. The predicted molar refractivity (Wildman–Crippen MR) is 135 cm³/mol. The van der Waals surface area contributed by atoms with Crippen LogP contribution in [0.4, 0.5) is 5.69 Å². The van der Waals surface area contributed by atoms with E-state index in [1.165, 1.54) is 0 Å². The summed E-state index contributed by atoms with van der Waals surface area (Å²) in [6.07, 6.45) is 7.50. The summed E-state index contributed by atoms with van der Waals surface area (Å²) < 4.78 is 11.7. The molecule has 7 heteroatoms. The summed E-state index contributed by atoms with van der Waals surface area (Å²) in [6, 6.07) is 18.3. The molecule has 1 fully saturated rings. The Kier molecular flexibility index (Phi) is 7.77. The van der Waals surface area contributed by atoms with E-state index in [1.807, 2.05) is 37.3 Å². The third-order valence-electron chi connectivity index (χ3n) is 5.94. The highest BCUT2D eigenvalue weighted by atomic mass is 16.5. The number of rotatable bonds is 9. The highest BCUT2D eigenvalue weighted by Gasteiger charge is 2.23. The summed E-state index contributed by atoms with van der Waals surface area (Å²) in [4.78, 5) is 30.6. The summed E-state index contributed by atoms with van der Waals surface area (Å²) >= 11 is 0. The highest BCUT2D eigenvalue weighted by Crippen LogP contribution is 2.31. The second-order valence-corrected chi connectivity index (χ2v) is 8.50. The Morgan fingerprint density at radius 3 is 2.26 bits per heavy atom. The average Bonchev–Trinajstić information content (AvgIpc) is 2.87.